The molecule has 2 aromatic carbocycles. The molecule has 42 heavy (non-hydrogen) atoms. The van der Waals surface area contributed by atoms with Crippen LogP contribution in [0.1, 0.15) is 47.5 Å². The first-order valence-corrected chi connectivity index (χ1v) is 14.0. The highest BCUT2D eigenvalue weighted by molar-refractivity contribution is 7.15. The molecule has 0 radical (unpaired) electrons. The van der Waals surface area contributed by atoms with Gasteiger partial charge in [0.1, 0.15) is 16.3 Å². The average molecular weight is 600 g/mol. The number of carbonyl (C=O) groups is 1. The zero-order valence-electron chi connectivity index (χ0n) is 22.4. The van der Waals surface area contributed by atoms with Gasteiger partial charge >= 0.3 is 6.18 Å². The number of nitrogens with zero attached hydrogens (tertiary/aromatic N) is 3. The summed E-state index contributed by atoms with van der Waals surface area (Å²) in [5.41, 5.74) is 0.553. The van der Waals surface area contributed by atoms with Crippen molar-refractivity contribution in [3.63, 3.8) is 0 Å². The minimum Gasteiger partial charge on any atom is -0.504 e. The van der Waals surface area contributed by atoms with Gasteiger partial charge in [0.05, 0.1) is 4.88 Å². The number of aromatic nitrogens is 3. The van der Waals surface area contributed by atoms with Gasteiger partial charge in [-0.2, -0.15) is 13.2 Å². The summed E-state index contributed by atoms with van der Waals surface area (Å²) in [5.74, 6) is -1.09. The third-order valence-electron chi connectivity index (χ3n) is 7.16. The lowest BCUT2D eigenvalue weighted by Crippen LogP contribution is -2.38. The molecule has 1 saturated carbocycles. The van der Waals surface area contributed by atoms with Crippen LogP contribution in [-0.4, -0.2) is 36.2 Å². The number of amides is 1. The van der Waals surface area contributed by atoms with Crippen LogP contribution in [0.4, 0.5) is 24.8 Å². The van der Waals surface area contributed by atoms with Gasteiger partial charge in [0.15, 0.2) is 11.5 Å². The van der Waals surface area contributed by atoms with Gasteiger partial charge in [-0.1, -0.05) is 12.1 Å². The summed E-state index contributed by atoms with van der Waals surface area (Å²) in [4.78, 5) is 25.4. The third-order valence-corrected chi connectivity index (χ3v) is 8.40. The van der Waals surface area contributed by atoms with Gasteiger partial charge in [-0.3, -0.25) is 4.79 Å². The number of hydrogen-bond acceptors (Lipinski definition) is 9. The number of anilines is 2. The zero-order chi connectivity index (χ0) is 30.1. The van der Waals surface area contributed by atoms with Gasteiger partial charge in [0.25, 0.3) is 0 Å². The lowest BCUT2D eigenvalue weighted by molar-refractivity contribution is -0.141. The highest BCUT2D eigenvalue weighted by atomic mass is 32.1. The highest BCUT2D eigenvalue weighted by Gasteiger charge is 2.39. The van der Waals surface area contributed by atoms with Crippen LogP contribution in [-0.2, 0) is 23.1 Å². The number of nitrogens with one attached hydrogen (secondary N) is 2. The van der Waals surface area contributed by atoms with E-state index in [1.54, 1.807) is 24.4 Å². The Hall–Kier alpha value is -4.23. The first kappa shape index (κ1) is 29.3. The summed E-state index contributed by atoms with van der Waals surface area (Å²) in [7, 11) is 0. The molecule has 1 aliphatic carbocycles. The van der Waals surface area contributed by atoms with Crippen LogP contribution in [0.25, 0.3) is 10.4 Å². The molecule has 5 rings (SSSR count). The van der Waals surface area contributed by atoms with Crippen LogP contribution in [0.2, 0.25) is 0 Å². The molecule has 0 unspecified atom stereocenters. The number of thiazole rings is 1. The Morgan fingerprint density at radius 1 is 1.07 bits per heavy atom. The van der Waals surface area contributed by atoms with Crippen molar-refractivity contribution in [2.45, 2.75) is 50.9 Å². The van der Waals surface area contributed by atoms with E-state index in [0.717, 1.165) is 28.3 Å². The first-order valence-electron chi connectivity index (χ1n) is 13.2. The van der Waals surface area contributed by atoms with E-state index >= 15 is 0 Å². The number of aliphatic hydroxyl groups is 1. The van der Waals surface area contributed by atoms with Crippen LogP contribution >= 0.6 is 11.3 Å². The van der Waals surface area contributed by atoms with Crippen molar-refractivity contribution in [2.75, 3.05) is 5.32 Å². The van der Waals surface area contributed by atoms with Crippen molar-refractivity contribution in [2.24, 2.45) is 5.92 Å². The largest absolute Gasteiger partial charge is 0.504 e. The molecule has 0 saturated heterocycles. The minimum absolute atomic E-state index is 0.144. The van der Waals surface area contributed by atoms with Crippen LogP contribution < -0.4 is 10.6 Å². The van der Waals surface area contributed by atoms with E-state index in [1.165, 1.54) is 23.5 Å². The molecule has 2 aromatic heterocycles. The molecular weight excluding hydrogens is 571 g/mol. The molecule has 2 heterocycles. The number of phenols is 2. The summed E-state index contributed by atoms with van der Waals surface area (Å²) in [6.45, 7) is 2.06. The number of aryl methyl sites for hydroxylation is 1. The number of phenolic OH excluding ortho intramolecular Hbond substituents is 2. The van der Waals surface area contributed by atoms with Crippen LogP contribution in [0.5, 0.6) is 11.5 Å². The molecule has 4 aromatic rings. The fourth-order valence-electron chi connectivity index (χ4n) is 4.91. The maximum absolute atomic E-state index is 13.0. The van der Waals surface area contributed by atoms with Crippen molar-refractivity contribution in [3.05, 3.63) is 76.7 Å². The molecule has 1 fully saturated rings. The molecule has 13 heteroatoms. The number of rotatable bonds is 7. The Balaban J connectivity index is 1.23. The van der Waals surface area contributed by atoms with Crippen LogP contribution in [0.3, 0.4) is 0 Å². The monoisotopic (exact) mass is 599 g/mol. The number of halogens is 3. The van der Waals surface area contributed by atoms with Gasteiger partial charge in [0, 0.05) is 30.5 Å². The molecule has 9 nitrogen and oxygen atoms in total. The molecule has 1 amide bonds. The second kappa shape index (κ2) is 11.6. The van der Waals surface area contributed by atoms with Crippen LogP contribution in [0, 0.1) is 12.8 Å². The molecular formula is C29H28F3N5O4S. The minimum atomic E-state index is -4.59. The number of hydrogen-bond donors (Lipinski definition) is 5. The average Bonchev–Trinajstić information content (AvgIpc) is 3.45. The van der Waals surface area contributed by atoms with Crippen molar-refractivity contribution in [1.82, 2.24) is 20.3 Å². The lowest BCUT2D eigenvalue weighted by atomic mass is 9.78. The molecule has 5 N–H and O–H groups in total. The smallest absolute Gasteiger partial charge is 0.433 e. The van der Waals surface area contributed by atoms with E-state index in [0.29, 0.717) is 41.9 Å². The van der Waals surface area contributed by atoms with E-state index in [4.69, 9.17) is 0 Å². The number of aromatic hydroxyl groups is 2. The maximum atomic E-state index is 13.0. The van der Waals surface area contributed by atoms with Gasteiger partial charge in [-0.05, 0) is 79.6 Å². The van der Waals surface area contributed by atoms with Crippen molar-refractivity contribution >= 4 is 28.9 Å². The van der Waals surface area contributed by atoms with E-state index in [2.05, 4.69) is 25.6 Å². The van der Waals surface area contributed by atoms with E-state index in [1.807, 2.05) is 13.0 Å². The summed E-state index contributed by atoms with van der Waals surface area (Å²) in [5, 5.41) is 36.7. The van der Waals surface area contributed by atoms with Gasteiger partial charge in [-0.15, -0.1) is 11.3 Å². The fraction of sp³-hybridized carbons (Fsp3) is 0.310. The summed E-state index contributed by atoms with van der Waals surface area (Å²) in [6, 6.07) is 10.6. The summed E-state index contributed by atoms with van der Waals surface area (Å²) >= 11 is 1.33. The summed E-state index contributed by atoms with van der Waals surface area (Å²) < 4.78 is 39.1. The molecule has 0 bridgehead atoms. The Morgan fingerprint density at radius 2 is 1.83 bits per heavy atom. The van der Waals surface area contributed by atoms with Crippen LogP contribution in [0.15, 0.2) is 54.9 Å². The normalized spacial score (nSPS) is 18.9. The topological polar surface area (TPSA) is 140 Å². The molecule has 0 atom stereocenters. The fourth-order valence-corrected chi connectivity index (χ4v) is 5.96. The Labute approximate surface area is 243 Å². The standard InChI is InChI=1S/C29H28F3N5O4S/c1-16-10-19(13-20(11-16)36-27-33-9-6-24(37-27)29(30,31)32)23-15-35-26(42-23)28(41)7-4-18(5-8-28)25(40)34-14-17-2-3-21(38)22(39)12-17/h2-3,6,9-13,15,18,38-39,41H,4-5,7-8,14H2,1H3,(H,34,40)(H,33,36,37)/t18-,28+. The second-order valence-electron chi connectivity index (χ2n) is 10.4. The predicted octanol–water partition coefficient (Wildman–Crippen LogP) is 5.78. The maximum Gasteiger partial charge on any atom is 0.433 e. The van der Waals surface area contributed by atoms with Crippen molar-refractivity contribution in [3.8, 4) is 21.9 Å². The molecule has 220 valence electrons. The number of alkyl halides is 3. The van der Waals surface area contributed by atoms with Crippen molar-refractivity contribution < 1.29 is 33.3 Å². The van der Waals surface area contributed by atoms with E-state index < -0.39 is 17.5 Å². The SMILES string of the molecule is Cc1cc(Nc2nccc(C(F)(F)F)n2)cc(-c2cnc([C@]3(O)CC[C@@H](C(=O)NCc4ccc(O)c(O)c4)CC3)s2)c1. The molecule has 0 spiro atoms. The van der Waals surface area contributed by atoms with Crippen molar-refractivity contribution in [1.29, 1.82) is 0 Å². The first-order chi connectivity index (χ1) is 19.9. The lowest BCUT2D eigenvalue weighted by Gasteiger charge is -2.33. The van der Waals surface area contributed by atoms with E-state index in [-0.39, 0.29) is 35.8 Å². The molecule has 0 aliphatic heterocycles. The van der Waals surface area contributed by atoms with Gasteiger partial charge in [0.2, 0.25) is 11.9 Å². The predicted molar refractivity (Wildman–Crippen MR) is 150 cm³/mol. The highest BCUT2D eigenvalue weighted by Crippen LogP contribution is 2.43. The quantitative estimate of drug-likeness (QED) is 0.169. The van der Waals surface area contributed by atoms with Gasteiger partial charge < -0.3 is 26.0 Å². The summed E-state index contributed by atoms with van der Waals surface area (Å²) in [6.07, 6.45) is -0.246. The Bertz CT molecular complexity index is 1600. The number of benzene rings is 2. The Morgan fingerprint density at radius 3 is 2.55 bits per heavy atom. The Kier molecular flexibility index (Phi) is 8.06. The zero-order valence-corrected chi connectivity index (χ0v) is 23.3. The second-order valence-corrected chi connectivity index (χ2v) is 11.4. The molecule has 1 aliphatic rings. The van der Waals surface area contributed by atoms with Gasteiger partial charge in [-0.25, -0.2) is 15.0 Å². The third kappa shape index (κ3) is 6.63. The van der Waals surface area contributed by atoms with E-state index in [9.17, 15) is 33.3 Å². The number of carbonyl (C=O) groups excluding carboxylic acids is 1.